The van der Waals surface area contributed by atoms with Gasteiger partial charge in [0.25, 0.3) is 0 Å². The van der Waals surface area contributed by atoms with Crippen LogP contribution in [-0.2, 0) is 11.3 Å². The molecule has 5 nitrogen and oxygen atoms in total. The molecule has 0 bridgehead atoms. The first kappa shape index (κ1) is 15.8. The largest absolute Gasteiger partial charge is 0.496 e. The Bertz CT molecular complexity index is 504. The number of likely N-dealkylation sites (tertiary alicyclic amines) is 1. The molecule has 0 aliphatic carbocycles. The Labute approximate surface area is 126 Å². The average Bonchev–Trinajstić information content (AvgIpc) is 2.82. The minimum absolute atomic E-state index is 0.0500. The third-order valence-corrected chi connectivity index (χ3v) is 3.91. The second kappa shape index (κ2) is 6.91. The van der Waals surface area contributed by atoms with Crippen LogP contribution in [0.4, 0.5) is 0 Å². The topological polar surface area (TPSA) is 67.6 Å². The second-order valence-electron chi connectivity index (χ2n) is 5.65. The number of hydrogen-bond acceptors (Lipinski definition) is 4. The highest BCUT2D eigenvalue weighted by molar-refractivity contribution is 5.82. The summed E-state index contributed by atoms with van der Waals surface area (Å²) < 4.78 is 5.45. The van der Waals surface area contributed by atoms with Crippen molar-refractivity contribution < 1.29 is 9.53 Å². The molecule has 0 radical (unpaired) electrons. The lowest BCUT2D eigenvalue weighted by molar-refractivity contribution is -0.125. The van der Waals surface area contributed by atoms with Gasteiger partial charge in [-0.15, -0.1) is 0 Å². The zero-order valence-corrected chi connectivity index (χ0v) is 13.1. The van der Waals surface area contributed by atoms with E-state index in [9.17, 15) is 4.79 Å². The number of carbonyl (C=O) groups is 1. The van der Waals surface area contributed by atoms with Crippen LogP contribution in [0.15, 0.2) is 18.2 Å². The summed E-state index contributed by atoms with van der Waals surface area (Å²) >= 11 is 0. The Hall–Kier alpha value is -1.59. The van der Waals surface area contributed by atoms with E-state index in [0.717, 1.165) is 23.4 Å². The molecule has 1 aliphatic rings. The predicted molar refractivity (Wildman–Crippen MR) is 83.2 cm³/mol. The normalized spacial score (nSPS) is 22.3. The standard InChI is InChI=1S/C16H25N3O2/c1-4-18-16(20)14-8-13(17)10-19(14)9-12-6-5-11(2)7-15(12)21-3/h5-7,13-14H,4,8-10,17H2,1-3H3,(H,18,20)/t13-,14+/m1/s1. The molecule has 5 heteroatoms. The van der Waals surface area contributed by atoms with Crippen molar-refractivity contribution in [1.82, 2.24) is 10.2 Å². The maximum atomic E-state index is 12.2. The van der Waals surface area contributed by atoms with Crippen LogP contribution in [0.5, 0.6) is 5.75 Å². The maximum absolute atomic E-state index is 12.2. The molecule has 1 heterocycles. The van der Waals surface area contributed by atoms with Gasteiger partial charge in [0.1, 0.15) is 5.75 Å². The molecular formula is C16H25N3O2. The monoisotopic (exact) mass is 291 g/mol. The fourth-order valence-corrected chi connectivity index (χ4v) is 2.88. The van der Waals surface area contributed by atoms with Crippen LogP contribution in [0, 0.1) is 6.92 Å². The summed E-state index contributed by atoms with van der Waals surface area (Å²) in [4.78, 5) is 14.3. The summed E-state index contributed by atoms with van der Waals surface area (Å²) in [6.07, 6.45) is 0.708. The summed E-state index contributed by atoms with van der Waals surface area (Å²) in [5, 5.41) is 2.89. The Morgan fingerprint density at radius 2 is 2.29 bits per heavy atom. The Morgan fingerprint density at radius 3 is 2.95 bits per heavy atom. The number of nitrogens with zero attached hydrogens (tertiary/aromatic N) is 1. The Kier molecular flexibility index (Phi) is 5.20. The number of methoxy groups -OCH3 is 1. The van der Waals surface area contributed by atoms with Crippen molar-refractivity contribution in [3.8, 4) is 5.75 Å². The molecule has 0 unspecified atom stereocenters. The lowest BCUT2D eigenvalue weighted by Gasteiger charge is -2.24. The van der Waals surface area contributed by atoms with E-state index in [-0.39, 0.29) is 18.0 Å². The van der Waals surface area contributed by atoms with Gasteiger partial charge in [-0.1, -0.05) is 12.1 Å². The van der Waals surface area contributed by atoms with E-state index in [2.05, 4.69) is 22.3 Å². The van der Waals surface area contributed by atoms with Crippen molar-refractivity contribution in [2.24, 2.45) is 5.73 Å². The second-order valence-corrected chi connectivity index (χ2v) is 5.65. The first-order valence-corrected chi connectivity index (χ1v) is 7.46. The van der Waals surface area contributed by atoms with E-state index < -0.39 is 0 Å². The molecule has 2 atom stereocenters. The molecule has 1 amide bonds. The smallest absolute Gasteiger partial charge is 0.237 e. The van der Waals surface area contributed by atoms with E-state index in [4.69, 9.17) is 10.5 Å². The van der Waals surface area contributed by atoms with E-state index >= 15 is 0 Å². The highest BCUT2D eigenvalue weighted by atomic mass is 16.5. The zero-order valence-electron chi connectivity index (χ0n) is 13.1. The predicted octanol–water partition coefficient (Wildman–Crippen LogP) is 1.04. The minimum Gasteiger partial charge on any atom is -0.496 e. The number of aryl methyl sites for hydroxylation is 1. The van der Waals surface area contributed by atoms with E-state index in [1.807, 2.05) is 19.9 Å². The molecular weight excluding hydrogens is 266 g/mol. The van der Waals surface area contributed by atoms with E-state index in [1.54, 1.807) is 7.11 Å². The number of nitrogens with one attached hydrogen (secondary N) is 1. The SMILES string of the molecule is CCNC(=O)[C@@H]1C[C@@H](N)CN1Cc1ccc(C)cc1OC. The van der Waals surface area contributed by atoms with Crippen LogP contribution >= 0.6 is 0 Å². The van der Waals surface area contributed by atoms with Crippen molar-refractivity contribution >= 4 is 5.91 Å². The molecule has 0 aromatic heterocycles. The number of hydrogen-bond donors (Lipinski definition) is 2. The highest BCUT2D eigenvalue weighted by Crippen LogP contribution is 2.25. The number of carbonyl (C=O) groups excluding carboxylic acids is 1. The van der Waals surface area contributed by atoms with Gasteiger partial charge in [0.2, 0.25) is 5.91 Å². The fraction of sp³-hybridized carbons (Fsp3) is 0.562. The van der Waals surface area contributed by atoms with Gasteiger partial charge in [0.05, 0.1) is 13.2 Å². The van der Waals surface area contributed by atoms with Crippen LogP contribution in [0.1, 0.15) is 24.5 Å². The summed E-state index contributed by atoms with van der Waals surface area (Å²) in [6.45, 7) is 6.03. The Morgan fingerprint density at radius 1 is 1.52 bits per heavy atom. The average molecular weight is 291 g/mol. The van der Waals surface area contributed by atoms with Crippen LogP contribution in [0.2, 0.25) is 0 Å². The summed E-state index contributed by atoms with van der Waals surface area (Å²) in [6, 6.07) is 6.05. The fourth-order valence-electron chi connectivity index (χ4n) is 2.88. The molecule has 1 aromatic carbocycles. The van der Waals surface area contributed by atoms with E-state index in [0.29, 0.717) is 19.5 Å². The minimum atomic E-state index is -0.147. The van der Waals surface area contributed by atoms with Crippen LogP contribution < -0.4 is 15.8 Å². The molecule has 1 aromatic rings. The number of nitrogens with two attached hydrogens (primary N) is 1. The number of rotatable bonds is 5. The van der Waals surface area contributed by atoms with Crippen molar-refractivity contribution in [3.05, 3.63) is 29.3 Å². The van der Waals surface area contributed by atoms with Crippen LogP contribution in [0.3, 0.4) is 0 Å². The zero-order chi connectivity index (χ0) is 15.4. The molecule has 0 saturated carbocycles. The Balaban J connectivity index is 2.15. The van der Waals surface area contributed by atoms with Gasteiger partial charge in [-0.25, -0.2) is 0 Å². The van der Waals surface area contributed by atoms with Gasteiger partial charge in [-0.2, -0.15) is 0 Å². The number of benzene rings is 1. The third-order valence-electron chi connectivity index (χ3n) is 3.91. The number of ether oxygens (including phenoxy) is 1. The van der Waals surface area contributed by atoms with Crippen molar-refractivity contribution in [3.63, 3.8) is 0 Å². The van der Waals surface area contributed by atoms with Crippen LogP contribution in [-0.4, -0.2) is 43.1 Å². The molecule has 1 saturated heterocycles. The molecule has 2 rings (SSSR count). The summed E-state index contributed by atoms with van der Waals surface area (Å²) in [7, 11) is 1.68. The molecule has 1 fully saturated rings. The third kappa shape index (κ3) is 3.74. The molecule has 1 aliphatic heterocycles. The van der Waals surface area contributed by atoms with Crippen LogP contribution in [0.25, 0.3) is 0 Å². The quantitative estimate of drug-likeness (QED) is 0.850. The summed E-state index contributed by atoms with van der Waals surface area (Å²) in [5.74, 6) is 0.932. The number of amides is 1. The molecule has 21 heavy (non-hydrogen) atoms. The molecule has 0 spiro atoms. The van der Waals surface area contributed by atoms with Gasteiger partial charge in [0, 0.05) is 31.2 Å². The van der Waals surface area contributed by atoms with Crippen molar-refractivity contribution in [2.75, 3.05) is 20.2 Å². The first-order valence-electron chi connectivity index (χ1n) is 7.46. The lowest BCUT2D eigenvalue weighted by atomic mass is 10.1. The highest BCUT2D eigenvalue weighted by Gasteiger charge is 2.35. The summed E-state index contributed by atoms with van der Waals surface area (Å²) in [5.41, 5.74) is 8.30. The molecule has 116 valence electrons. The van der Waals surface area contributed by atoms with Crippen molar-refractivity contribution in [1.29, 1.82) is 0 Å². The van der Waals surface area contributed by atoms with E-state index in [1.165, 1.54) is 0 Å². The van der Waals surface area contributed by atoms with Gasteiger partial charge in [-0.05, 0) is 31.9 Å². The maximum Gasteiger partial charge on any atom is 0.237 e. The lowest BCUT2D eigenvalue weighted by Crippen LogP contribution is -2.42. The number of likely N-dealkylation sites (N-methyl/N-ethyl adjacent to an activating group) is 1. The van der Waals surface area contributed by atoms with Gasteiger partial charge in [0.15, 0.2) is 0 Å². The first-order chi connectivity index (χ1) is 10.0. The van der Waals surface area contributed by atoms with Crippen molar-refractivity contribution in [2.45, 2.75) is 38.9 Å². The molecule has 3 N–H and O–H groups in total. The van der Waals surface area contributed by atoms with Gasteiger partial charge < -0.3 is 15.8 Å². The van der Waals surface area contributed by atoms with Gasteiger partial charge >= 0.3 is 0 Å². The van der Waals surface area contributed by atoms with Gasteiger partial charge in [-0.3, -0.25) is 9.69 Å².